The average molecular weight is 375 g/mol. The summed E-state index contributed by atoms with van der Waals surface area (Å²) in [4.78, 5) is 1.91. The van der Waals surface area contributed by atoms with Crippen molar-refractivity contribution in [1.82, 2.24) is 0 Å². The van der Waals surface area contributed by atoms with E-state index < -0.39 is 9.84 Å². The first-order valence-electron chi connectivity index (χ1n) is 6.30. The molecule has 1 N–H and O–H groups in total. The molecule has 0 bridgehead atoms. The molecule has 2 aliphatic rings. The first-order valence-corrected chi connectivity index (χ1v) is 9.79. The first kappa shape index (κ1) is 14.4. The molecule has 2 saturated heterocycles. The van der Waals surface area contributed by atoms with Crippen LogP contribution in [-0.2, 0) is 9.84 Å². The standard InChI is InChI=1S/C13H15BrN2O2S2/c1-7-3-9(14)4-8(2)12(7)16-10-5-20(17,18)6-11(10)19-13(16)15/h3-4,10-11,15H,5-6H2,1-2H3/t10-,11+/m1/s1. The van der Waals surface area contributed by atoms with E-state index in [2.05, 4.69) is 15.9 Å². The van der Waals surface area contributed by atoms with Crippen LogP contribution in [0.1, 0.15) is 11.1 Å². The van der Waals surface area contributed by atoms with Gasteiger partial charge in [-0.2, -0.15) is 0 Å². The highest BCUT2D eigenvalue weighted by Crippen LogP contribution is 2.42. The normalized spacial score (nSPS) is 27.9. The third kappa shape index (κ3) is 2.29. The molecule has 0 aliphatic carbocycles. The van der Waals surface area contributed by atoms with Crippen molar-refractivity contribution in [2.75, 3.05) is 16.4 Å². The van der Waals surface area contributed by atoms with Crippen molar-refractivity contribution < 1.29 is 8.42 Å². The van der Waals surface area contributed by atoms with Crippen molar-refractivity contribution >= 4 is 48.4 Å². The van der Waals surface area contributed by atoms with Crippen molar-refractivity contribution in [2.45, 2.75) is 25.1 Å². The van der Waals surface area contributed by atoms with Gasteiger partial charge in [-0.1, -0.05) is 27.7 Å². The maximum atomic E-state index is 11.8. The lowest BCUT2D eigenvalue weighted by Crippen LogP contribution is -2.38. The Kier molecular flexibility index (Phi) is 3.42. The van der Waals surface area contributed by atoms with Gasteiger partial charge in [0.1, 0.15) is 0 Å². The number of nitrogens with zero attached hydrogens (tertiary/aromatic N) is 1. The molecule has 4 nitrogen and oxygen atoms in total. The van der Waals surface area contributed by atoms with Gasteiger partial charge in [0.05, 0.1) is 17.5 Å². The Balaban J connectivity index is 2.08. The molecule has 0 amide bonds. The van der Waals surface area contributed by atoms with Crippen LogP contribution >= 0.6 is 27.7 Å². The summed E-state index contributed by atoms with van der Waals surface area (Å²) in [7, 11) is -2.97. The van der Waals surface area contributed by atoms with Gasteiger partial charge in [-0.05, 0) is 37.1 Å². The van der Waals surface area contributed by atoms with E-state index in [1.807, 2.05) is 30.9 Å². The topological polar surface area (TPSA) is 61.2 Å². The molecule has 2 heterocycles. The minimum atomic E-state index is -2.97. The van der Waals surface area contributed by atoms with Crippen LogP contribution in [0.2, 0.25) is 0 Å². The molecule has 0 saturated carbocycles. The number of thioether (sulfide) groups is 1. The first-order chi connectivity index (χ1) is 9.28. The molecule has 0 spiro atoms. The van der Waals surface area contributed by atoms with Gasteiger partial charge in [0.2, 0.25) is 0 Å². The molecular formula is C13H15BrN2O2S2. The Labute approximate surface area is 131 Å². The maximum Gasteiger partial charge on any atom is 0.161 e. The molecule has 1 aromatic carbocycles. The molecule has 0 aromatic heterocycles. The summed E-state index contributed by atoms with van der Waals surface area (Å²) in [5.74, 6) is 0.345. The summed E-state index contributed by atoms with van der Waals surface area (Å²) < 4.78 is 24.7. The monoisotopic (exact) mass is 374 g/mol. The minimum absolute atomic E-state index is 0.00468. The van der Waals surface area contributed by atoms with Gasteiger partial charge < -0.3 is 4.90 Å². The average Bonchev–Trinajstić information content (AvgIpc) is 2.70. The molecule has 3 rings (SSSR count). The second-order valence-corrected chi connectivity index (χ2v) is 9.66. The summed E-state index contributed by atoms with van der Waals surface area (Å²) in [6.45, 7) is 4.00. The van der Waals surface area contributed by atoms with Gasteiger partial charge >= 0.3 is 0 Å². The largest absolute Gasteiger partial charge is 0.316 e. The maximum absolute atomic E-state index is 11.8. The van der Waals surface area contributed by atoms with E-state index in [0.29, 0.717) is 5.17 Å². The van der Waals surface area contributed by atoms with Crippen molar-refractivity contribution in [1.29, 1.82) is 5.41 Å². The Morgan fingerprint density at radius 2 is 1.90 bits per heavy atom. The predicted molar refractivity (Wildman–Crippen MR) is 87.6 cm³/mol. The second-order valence-electron chi connectivity index (χ2n) is 5.36. The van der Waals surface area contributed by atoms with Gasteiger partial charge in [0.25, 0.3) is 0 Å². The van der Waals surface area contributed by atoms with Gasteiger partial charge in [-0.3, -0.25) is 5.41 Å². The number of nitrogens with one attached hydrogen (secondary N) is 1. The zero-order chi connectivity index (χ0) is 14.7. The van der Waals surface area contributed by atoms with E-state index in [-0.39, 0.29) is 22.8 Å². The van der Waals surface area contributed by atoms with Crippen molar-refractivity contribution in [3.8, 4) is 0 Å². The Morgan fingerprint density at radius 3 is 2.50 bits per heavy atom. The summed E-state index contributed by atoms with van der Waals surface area (Å²) in [5.41, 5.74) is 3.11. The van der Waals surface area contributed by atoms with Gasteiger partial charge in [0.15, 0.2) is 15.0 Å². The quantitative estimate of drug-likeness (QED) is 0.820. The molecule has 2 fully saturated rings. The number of anilines is 1. The minimum Gasteiger partial charge on any atom is -0.316 e. The van der Waals surface area contributed by atoms with Crippen LogP contribution in [0.15, 0.2) is 16.6 Å². The summed E-state index contributed by atoms with van der Waals surface area (Å²) in [6, 6.07) is 3.92. The van der Waals surface area contributed by atoms with Crippen LogP contribution in [0.5, 0.6) is 0 Å². The number of fused-ring (bicyclic) bond motifs is 1. The summed E-state index contributed by atoms with van der Waals surface area (Å²) in [5, 5.41) is 8.66. The molecule has 0 unspecified atom stereocenters. The lowest BCUT2D eigenvalue weighted by molar-refractivity contribution is 0.601. The lowest BCUT2D eigenvalue weighted by atomic mass is 10.1. The van der Waals surface area contributed by atoms with Gasteiger partial charge in [0, 0.05) is 15.4 Å². The van der Waals surface area contributed by atoms with Crippen LogP contribution in [0.3, 0.4) is 0 Å². The second kappa shape index (κ2) is 4.74. The highest BCUT2D eigenvalue weighted by molar-refractivity contribution is 9.10. The van der Waals surface area contributed by atoms with E-state index in [1.165, 1.54) is 11.8 Å². The number of amidine groups is 1. The number of hydrogen-bond acceptors (Lipinski definition) is 4. The van der Waals surface area contributed by atoms with E-state index in [9.17, 15) is 8.42 Å². The smallest absolute Gasteiger partial charge is 0.161 e. The summed E-state index contributed by atoms with van der Waals surface area (Å²) in [6.07, 6.45) is 0. The van der Waals surface area contributed by atoms with Crippen molar-refractivity contribution in [3.05, 3.63) is 27.7 Å². The van der Waals surface area contributed by atoms with Crippen LogP contribution < -0.4 is 4.90 Å². The fourth-order valence-electron chi connectivity index (χ4n) is 3.05. The number of halogens is 1. The molecule has 0 radical (unpaired) electrons. The SMILES string of the molecule is Cc1cc(Br)cc(C)c1N1C(=N)S[C@H]2CS(=O)(=O)C[C@H]21. The molecule has 20 heavy (non-hydrogen) atoms. The number of hydrogen-bond donors (Lipinski definition) is 1. The third-order valence-electron chi connectivity index (χ3n) is 3.78. The van der Waals surface area contributed by atoms with Crippen LogP contribution in [0.25, 0.3) is 0 Å². The zero-order valence-electron chi connectivity index (χ0n) is 11.2. The highest BCUT2D eigenvalue weighted by Gasteiger charge is 2.49. The highest BCUT2D eigenvalue weighted by atomic mass is 79.9. The fraction of sp³-hybridized carbons (Fsp3) is 0.462. The molecule has 2 atom stereocenters. The van der Waals surface area contributed by atoms with E-state index in [0.717, 1.165) is 21.3 Å². The van der Waals surface area contributed by atoms with Gasteiger partial charge in [-0.25, -0.2) is 8.42 Å². The zero-order valence-corrected chi connectivity index (χ0v) is 14.4. The third-order valence-corrected chi connectivity index (χ3v) is 7.37. The van der Waals surface area contributed by atoms with Crippen LogP contribution in [0.4, 0.5) is 5.69 Å². The van der Waals surface area contributed by atoms with Crippen LogP contribution in [0, 0.1) is 19.3 Å². The van der Waals surface area contributed by atoms with Crippen molar-refractivity contribution in [3.63, 3.8) is 0 Å². The lowest BCUT2D eigenvalue weighted by Gasteiger charge is -2.27. The van der Waals surface area contributed by atoms with E-state index in [4.69, 9.17) is 5.41 Å². The number of sulfone groups is 1. The van der Waals surface area contributed by atoms with Crippen LogP contribution in [-0.4, -0.2) is 36.4 Å². The van der Waals surface area contributed by atoms with E-state index in [1.54, 1.807) is 0 Å². The fourth-order valence-corrected chi connectivity index (χ4v) is 7.52. The molecule has 7 heteroatoms. The Bertz CT molecular complexity index is 679. The molecule has 2 aliphatic heterocycles. The Morgan fingerprint density at radius 1 is 1.30 bits per heavy atom. The molecule has 1 aromatic rings. The van der Waals surface area contributed by atoms with Gasteiger partial charge in [-0.15, -0.1) is 0 Å². The number of benzene rings is 1. The van der Waals surface area contributed by atoms with Crippen molar-refractivity contribution in [2.24, 2.45) is 0 Å². The number of aryl methyl sites for hydroxylation is 2. The molecule has 108 valence electrons. The number of rotatable bonds is 1. The van der Waals surface area contributed by atoms with E-state index >= 15 is 0 Å². The predicted octanol–water partition coefficient (Wildman–Crippen LogP) is 2.72. The molecular weight excluding hydrogens is 360 g/mol. The Hall–Kier alpha value is -0.530. The summed E-state index contributed by atoms with van der Waals surface area (Å²) >= 11 is 4.85.